The van der Waals surface area contributed by atoms with Crippen LogP contribution in [0.15, 0.2) is 58.4 Å². The van der Waals surface area contributed by atoms with E-state index in [-0.39, 0.29) is 5.71 Å². The molecule has 0 saturated heterocycles. The summed E-state index contributed by atoms with van der Waals surface area (Å²) in [5, 5.41) is 7.57. The maximum atomic E-state index is 12.5. The summed E-state index contributed by atoms with van der Waals surface area (Å²) in [6.07, 6.45) is 5.74. The molecule has 7 nitrogen and oxygen atoms in total. The van der Waals surface area contributed by atoms with Crippen LogP contribution in [0.5, 0.6) is 0 Å². The molecular weight excluding hydrogens is 348 g/mol. The number of hydrogen-bond acceptors (Lipinski definition) is 7. The third kappa shape index (κ3) is 4.92. The number of benzene rings is 1. The summed E-state index contributed by atoms with van der Waals surface area (Å²) < 4.78 is 4.72. The van der Waals surface area contributed by atoms with Crippen molar-refractivity contribution in [2.75, 3.05) is 21.3 Å². The SMILES string of the molecule is CON=C1CC=CC=C1C(=O)C#Cc1ccccc1C(=NOC)C(=O)OC. The number of oxime groups is 2. The number of ketones is 1. The van der Waals surface area contributed by atoms with Crippen LogP contribution in [0.2, 0.25) is 0 Å². The molecule has 7 heteroatoms. The van der Waals surface area contributed by atoms with E-state index in [4.69, 9.17) is 14.4 Å². The standard InChI is InChI=1S/C20H18N2O5/c1-25-20(24)19(22-27-3)15-9-5-4-8-14(15)12-13-18(23)16-10-6-7-11-17(16)21-26-2/h4-10H,11H2,1-3H3. The second-order valence-corrected chi connectivity index (χ2v) is 5.17. The second kappa shape index (κ2) is 9.73. The molecule has 0 bridgehead atoms. The van der Waals surface area contributed by atoms with E-state index in [1.54, 1.807) is 36.4 Å². The predicted molar refractivity (Wildman–Crippen MR) is 100 cm³/mol. The van der Waals surface area contributed by atoms with E-state index >= 15 is 0 Å². The van der Waals surface area contributed by atoms with E-state index in [9.17, 15) is 9.59 Å². The first-order valence-corrected chi connectivity index (χ1v) is 7.94. The number of nitrogens with zero attached hydrogens (tertiary/aromatic N) is 2. The zero-order valence-corrected chi connectivity index (χ0v) is 15.2. The van der Waals surface area contributed by atoms with Gasteiger partial charge in [0.15, 0.2) is 5.71 Å². The molecule has 138 valence electrons. The third-order valence-electron chi connectivity index (χ3n) is 3.52. The summed E-state index contributed by atoms with van der Waals surface area (Å²) in [5.41, 5.74) is 1.66. The van der Waals surface area contributed by atoms with Crippen molar-refractivity contribution in [2.24, 2.45) is 10.3 Å². The van der Waals surface area contributed by atoms with Crippen LogP contribution >= 0.6 is 0 Å². The van der Waals surface area contributed by atoms with Crippen molar-refractivity contribution in [3.63, 3.8) is 0 Å². The molecule has 0 atom stereocenters. The van der Waals surface area contributed by atoms with Gasteiger partial charge in [-0.1, -0.05) is 46.6 Å². The fraction of sp³-hybridized carbons (Fsp3) is 0.200. The number of rotatable bonds is 5. The Labute approximate surface area is 157 Å². The van der Waals surface area contributed by atoms with Gasteiger partial charge in [0.25, 0.3) is 0 Å². The van der Waals surface area contributed by atoms with E-state index in [0.29, 0.717) is 28.8 Å². The summed E-state index contributed by atoms with van der Waals surface area (Å²) in [6, 6.07) is 6.76. The zero-order chi connectivity index (χ0) is 19.6. The van der Waals surface area contributed by atoms with E-state index in [1.165, 1.54) is 21.3 Å². The predicted octanol–water partition coefficient (Wildman–Crippen LogP) is 2.02. The minimum absolute atomic E-state index is 0.0428. The average Bonchev–Trinajstić information content (AvgIpc) is 2.70. The van der Waals surface area contributed by atoms with E-state index in [0.717, 1.165) is 0 Å². The molecule has 1 aliphatic rings. The number of ether oxygens (including phenoxy) is 1. The average molecular weight is 366 g/mol. The molecule has 0 radical (unpaired) electrons. The molecule has 1 aromatic rings. The van der Waals surface area contributed by atoms with E-state index in [2.05, 4.69) is 22.2 Å². The molecule has 0 fully saturated rings. The highest BCUT2D eigenvalue weighted by atomic mass is 16.6. The molecule has 0 N–H and O–H groups in total. The molecule has 2 rings (SSSR count). The van der Waals surface area contributed by atoms with Crippen LogP contribution in [0.3, 0.4) is 0 Å². The maximum Gasteiger partial charge on any atom is 0.360 e. The van der Waals surface area contributed by atoms with Crippen molar-refractivity contribution in [2.45, 2.75) is 6.42 Å². The highest BCUT2D eigenvalue weighted by Crippen LogP contribution is 2.13. The van der Waals surface area contributed by atoms with Gasteiger partial charge in [-0.2, -0.15) is 0 Å². The Morgan fingerprint density at radius 2 is 1.89 bits per heavy atom. The number of hydrogen-bond donors (Lipinski definition) is 0. The van der Waals surface area contributed by atoms with Crippen LogP contribution in [0.1, 0.15) is 17.5 Å². The van der Waals surface area contributed by atoms with Crippen LogP contribution in [-0.4, -0.2) is 44.5 Å². The lowest BCUT2D eigenvalue weighted by atomic mass is 9.98. The highest BCUT2D eigenvalue weighted by molar-refractivity contribution is 6.43. The number of esters is 1. The summed E-state index contributed by atoms with van der Waals surface area (Å²) in [7, 11) is 3.98. The summed E-state index contributed by atoms with van der Waals surface area (Å²) in [5.74, 6) is 4.28. The Morgan fingerprint density at radius 1 is 1.11 bits per heavy atom. The Morgan fingerprint density at radius 3 is 2.59 bits per heavy atom. The van der Waals surface area contributed by atoms with Gasteiger partial charge in [-0.3, -0.25) is 4.79 Å². The fourth-order valence-corrected chi connectivity index (χ4v) is 2.33. The normalized spacial score (nSPS) is 14.7. The van der Waals surface area contributed by atoms with Crippen molar-refractivity contribution in [3.8, 4) is 11.8 Å². The molecule has 0 amide bonds. The van der Waals surface area contributed by atoms with Gasteiger partial charge in [-0.15, -0.1) is 0 Å². The molecule has 0 unspecified atom stereocenters. The van der Waals surface area contributed by atoms with Crippen molar-refractivity contribution in [3.05, 3.63) is 59.2 Å². The molecule has 0 heterocycles. The molecule has 1 aromatic carbocycles. The van der Waals surface area contributed by atoms with Gasteiger partial charge >= 0.3 is 5.97 Å². The Bertz CT molecular complexity index is 914. The van der Waals surface area contributed by atoms with Crippen molar-refractivity contribution < 1.29 is 24.0 Å². The first-order chi connectivity index (χ1) is 13.1. The number of allylic oxidation sites excluding steroid dienone is 4. The van der Waals surface area contributed by atoms with Crippen LogP contribution < -0.4 is 0 Å². The molecule has 27 heavy (non-hydrogen) atoms. The Kier molecular flexibility index (Phi) is 7.08. The quantitative estimate of drug-likeness (QED) is 0.344. The lowest BCUT2D eigenvalue weighted by Crippen LogP contribution is -2.19. The Hall–Kier alpha value is -3.66. The van der Waals surface area contributed by atoms with Gasteiger partial charge in [-0.05, 0) is 18.1 Å². The monoisotopic (exact) mass is 366 g/mol. The summed E-state index contributed by atoms with van der Waals surface area (Å²) in [4.78, 5) is 34.0. The van der Waals surface area contributed by atoms with Crippen LogP contribution in [0.25, 0.3) is 0 Å². The third-order valence-corrected chi connectivity index (χ3v) is 3.52. The maximum absolute atomic E-state index is 12.5. The largest absolute Gasteiger partial charge is 0.464 e. The van der Waals surface area contributed by atoms with Gasteiger partial charge in [0.05, 0.1) is 18.4 Å². The first kappa shape index (κ1) is 19.7. The number of carbonyl (C=O) groups is 2. The fourth-order valence-electron chi connectivity index (χ4n) is 2.33. The first-order valence-electron chi connectivity index (χ1n) is 7.94. The molecule has 0 spiro atoms. The summed E-state index contributed by atoms with van der Waals surface area (Å²) in [6.45, 7) is 0. The molecular formula is C20H18N2O5. The topological polar surface area (TPSA) is 86.5 Å². The lowest BCUT2D eigenvalue weighted by Gasteiger charge is -2.07. The van der Waals surface area contributed by atoms with Gasteiger partial charge in [-0.25, -0.2) is 4.79 Å². The highest BCUT2D eigenvalue weighted by Gasteiger charge is 2.19. The smallest absolute Gasteiger partial charge is 0.360 e. The number of carbonyl (C=O) groups excluding carboxylic acids is 2. The summed E-state index contributed by atoms with van der Waals surface area (Å²) >= 11 is 0. The van der Waals surface area contributed by atoms with Gasteiger partial charge < -0.3 is 14.4 Å². The van der Waals surface area contributed by atoms with E-state index in [1.807, 2.05) is 6.08 Å². The molecule has 0 aromatic heterocycles. The van der Waals surface area contributed by atoms with Crippen LogP contribution in [0, 0.1) is 11.8 Å². The van der Waals surface area contributed by atoms with Gasteiger partial charge in [0.1, 0.15) is 14.2 Å². The Balaban J connectivity index is 2.40. The number of methoxy groups -OCH3 is 1. The molecule has 0 aliphatic heterocycles. The van der Waals surface area contributed by atoms with Crippen LogP contribution in [-0.2, 0) is 24.0 Å². The molecule has 0 saturated carbocycles. The van der Waals surface area contributed by atoms with Crippen molar-refractivity contribution in [1.82, 2.24) is 0 Å². The number of Topliss-reactive ketones (excluding diaryl/α,β-unsaturated/α-hetero) is 1. The van der Waals surface area contributed by atoms with Gasteiger partial charge in [0, 0.05) is 17.5 Å². The minimum Gasteiger partial charge on any atom is -0.464 e. The van der Waals surface area contributed by atoms with Crippen molar-refractivity contribution in [1.29, 1.82) is 0 Å². The minimum atomic E-state index is -0.674. The zero-order valence-electron chi connectivity index (χ0n) is 15.2. The van der Waals surface area contributed by atoms with Crippen LogP contribution in [0.4, 0.5) is 0 Å². The lowest BCUT2D eigenvalue weighted by molar-refractivity contribution is -0.132. The molecule has 1 aliphatic carbocycles. The second-order valence-electron chi connectivity index (χ2n) is 5.17. The van der Waals surface area contributed by atoms with Crippen molar-refractivity contribution >= 4 is 23.2 Å². The van der Waals surface area contributed by atoms with E-state index < -0.39 is 11.8 Å². The van der Waals surface area contributed by atoms with Gasteiger partial charge in [0.2, 0.25) is 5.78 Å².